The summed E-state index contributed by atoms with van der Waals surface area (Å²) < 4.78 is 0. The third-order valence-electron chi connectivity index (χ3n) is 4.61. The highest BCUT2D eigenvalue weighted by Crippen LogP contribution is 2.26. The van der Waals surface area contributed by atoms with Gasteiger partial charge >= 0.3 is 0 Å². The number of nitrogens with zero attached hydrogens (tertiary/aromatic N) is 2. The topological polar surface area (TPSA) is 49.0 Å². The fraction of sp³-hybridized carbons (Fsp3) is 0.750. The van der Waals surface area contributed by atoms with Crippen molar-refractivity contribution in [2.24, 2.45) is 5.92 Å². The first kappa shape index (κ1) is 15.1. The Hall–Kier alpha value is -1.32. The maximum Gasteiger partial charge on any atom is 0.223 e. The van der Waals surface area contributed by atoms with Crippen molar-refractivity contribution in [3.05, 3.63) is 17.0 Å². The molecule has 1 aromatic rings. The van der Waals surface area contributed by atoms with Crippen LogP contribution in [-0.2, 0) is 4.79 Å². The monoisotopic (exact) mass is 277 g/mol. The molecular formula is C16H27N3O. The fourth-order valence-electron chi connectivity index (χ4n) is 3.40. The summed E-state index contributed by atoms with van der Waals surface area (Å²) >= 11 is 0. The van der Waals surface area contributed by atoms with E-state index in [2.05, 4.69) is 28.9 Å². The summed E-state index contributed by atoms with van der Waals surface area (Å²) in [6, 6.07) is 0. The molecule has 1 aliphatic heterocycles. The zero-order chi connectivity index (χ0) is 14.7. The predicted molar refractivity (Wildman–Crippen MR) is 80.7 cm³/mol. The van der Waals surface area contributed by atoms with Crippen LogP contribution in [0.5, 0.6) is 0 Å². The van der Waals surface area contributed by atoms with Gasteiger partial charge in [0.25, 0.3) is 0 Å². The van der Waals surface area contributed by atoms with Gasteiger partial charge in [-0.2, -0.15) is 5.10 Å². The predicted octanol–water partition coefficient (Wildman–Crippen LogP) is 3.17. The van der Waals surface area contributed by atoms with Crippen molar-refractivity contribution in [3.63, 3.8) is 0 Å². The molecule has 4 heteroatoms. The Kier molecular flexibility index (Phi) is 4.84. The average Bonchev–Trinajstić information content (AvgIpc) is 2.78. The van der Waals surface area contributed by atoms with Gasteiger partial charge in [0.15, 0.2) is 0 Å². The molecule has 2 rings (SSSR count). The first-order valence-electron chi connectivity index (χ1n) is 7.82. The zero-order valence-corrected chi connectivity index (χ0v) is 13.2. The van der Waals surface area contributed by atoms with Crippen LogP contribution < -0.4 is 0 Å². The van der Waals surface area contributed by atoms with Crippen molar-refractivity contribution in [2.45, 2.75) is 59.3 Å². The molecule has 20 heavy (non-hydrogen) atoms. The summed E-state index contributed by atoms with van der Waals surface area (Å²) in [5, 5.41) is 7.24. The number of carbonyl (C=O) groups is 1. The van der Waals surface area contributed by atoms with Crippen LogP contribution in [0.2, 0.25) is 0 Å². The minimum atomic E-state index is 0.239. The zero-order valence-electron chi connectivity index (χ0n) is 13.2. The SMILES string of the molecule is CCC1CCCN(C(=O)CC(C)c2c(C)n[nH]c2C)C1. The van der Waals surface area contributed by atoms with Crippen LogP contribution in [-0.4, -0.2) is 34.1 Å². The van der Waals surface area contributed by atoms with Crippen LogP contribution in [0, 0.1) is 19.8 Å². The van der Waals surface area contributed by atoms with Gasteiger partial charge in [0.05, 0.1) is 5.69 Å². The summed E-state index contributed by atoms with van der Waals surface area (Å²) in [6.07, 6.45) is 4.20. The van der Waals surface area contributed by atoms with Gasteiger partial charge in [-0.1, -0.05) is 20.3 Å². The van der Waals surface area contributed by atoms with Crippen LogP contribution in [0.25, 0.3) is 0 Å². The standard InChI is InChI=1S/C16H27N3O/c1-5-14-7-6-8-19(10-14)15(20)9-11(2)16-12(3)17-18-13(16)4/h11,14H,5-10H2,1-4H3,(H,17,18). The third-order valence-corrected chi connectivity index (χ3v) is 4.61. The molecule has 1 saturated heterocycles. The van der Waals surface area contributed by atoms with E-state index in [9.17, 15) is 4.79 Å². The first-order chi connectivity index (χ1) is 9.52. The van der Waals surface area contributed by atoms with Crippen molar-refractivity contribution in [3.8, 4) is 0 Å². The maximum absolute atomic E-state index is 12.5. The third kappa shape index (κ3) is 3.22. The van der Waals surface area contributed by atoms with E-state index in [0.29, 0.717) is 18.2 Å². The number of nitrogens with one attached hydrogen (secondary N) is 1. The van der Waals surface area contributed by atoms with Gasteiger partial charge in [0.1, 0.15) is 0 Å². The molecule has 0 bridgehead atoms. The second kappa shape index (κ2) is 6.42. The van der Waals surface area contributed by atoms with Gasteiger partial charge in [0, 0.05) is 25.2 Å². The molecule has 1 fully saturated rings. The molecule has 0 aliphatic carbocycles. The summed E-state index contributed by atoms with van der Waals surface area (Å²) in [4.78, 5) is 14.6. The molecule has 1 N–H and O–H groups in total. The molecule has 1 amide bonds. The molecule has 0 radical (unpaired) electrons. The Morgan fingerprint density at radius 1 is 1.50 bits per heavy atom. The van der Waals surface area contributed by atoms with E-state index < -0.39 is 0 Å². The molecule has 112 valence electrons. The second-order valence-electron chi connectivity index (χ2n) is 6.21. The van der Waals surface area contributed by atoms with Gasteiger partial charge in [-0.3, -0.25) is 9.89 Å². The number of carbonyl (C=O) groups excluding carboxylic acids is 1. The molecule has 0 aromatic carbocycles. The highest BCUT2D eigenvalue weighted by molar-refractivity contribution is 5.77. The molecule has 4 nitrogen and oxygen atoms in total. The second-order valence-corrected chi connectivity index (χ2v) is 6.21. The number of aryl methyl sites for hydroxylation is 2. The quantitative estimate of drug-likeness (QED) is 0.919. The number of piperidine rings is 1. The molecule has 2 unspecified atom stereocenters. The number of amides is 1. The number of likely N-dealkylation sites (tertiary alicyclic amines) is 1. The lowest BCUT2D eigenvalue weighted by atomic mass is 9.92. The molecule has 0 saturated carbocycles. The van der Waals surface area contributed by atoms with E-state index in [1.807, 2.05) is 13.8 Å². The van der Waals surface area contributed by atoms with Crippen LogP contribution in [0.4, 0.5) is 0 Å². The highest BCUT2D eigenvalue weighted by atomic mass is 16.2. The maximum atomic E-state index is 12.5. The summed E-state index contributed by atoms with van der Waals surface area (Å²) in [7, 11) is 0. The fourth-order valence-corrected chi connectivity index (χ4v) is 3.40. The Balaban J connectivity index is 1.97. The molecule has 1 aromatic heterocycles. The number of rotatable bonds is 4. The lowest BCUT2D eigenvalue weighted by Crippen LogP contribution is -2.40. The van der Waals surface area contributed by atoms with E-state index in [4.69, 9.17) is 0 Å². The molecule has 1 aliphatic rings. The van der Waals surface area contributed by atoms with Crippen LogP contribution in [0.3, 0.4) is 0 Å². The first-order valence-corrected chi connectivity index (χ1v) is 7.82. The molecule has 2 heterocycles. The Labute approximate surface area is 121 Å². The van der Waals surface area contributed by atoms with Gasteiger partial charge in [-0.05, 0) is 44.1 Å². The van der Waals surface area contributed by atoms with Crippen LogP contribution in [0.1, 0.15) is 62.4 Å². The summed E-state index contributed by atoms with van der Waals surface area (Å²) in [5.41, 5.74) is 3.32. The summed E-state index contributed by atoms with van der Waals surface area (Å²) in [5.74, 6) is 1.24. The van der Waals surface area contributed by atoms with Crippen molar-refractivity contribution in [1.82, 2.24) is 15.1 Å². The minimum absolute atomic E-state index is 0.239. The van der Waals surface area contributed by atoms with Crippen LogP contribution in [0.15, 0.2) is 0 Å². The number of aromatic nitrogens is 2. The van der Waals surface area contributed by atoms with E-state index in [1.54, 1.807) is 0 Å². The Morgan fingerprint density at radius 2 is 2.25 bits per heavy atom. The minimum Gasteiger partial charge on any atom is -0.342 e. The van der Waals surface area contributed by atoms with Crippen LogP contribution >= 0.6 is 0 Å². The largest absolute Gasteiger partial charge is 0.342 e. The van der Waals surface area contributed by atoms with E-state index in [1.165, 1.54) is 18.4 Å². The van der Waals surface area contributed by atoms with Gasteiger partial charge in [-0.15, -0.1) is 0 Å². The lowest BCUT2D eigenvalue weighted by molar-refractivity contribution is -0.133. The Bertz CT molecular complexity index is 447. The van der Waals surface area contributed by atoms with Crippen molar-refractivity contribution in [2.75, 3.05) is 13.1 Å². The molecule has 2 atom stereocenters. The molecule has 0 spiro atoms. The number of hydrogen-bond acceptors (Lipinski definition) is 2. The molecular weight excluding hydrogens is 250 g/mol. The van der Waals surface area contributed by atoms with Gasteiger partial charge < -0.3 is 4.90 Å². The van der Waals surface area contributed by atoms with E-state index in [0.717, 1.165) is 30.9 Å². The van der Waals surface area contributed by atoms with Crippen molar-refractivity contribution < 1.29 is 4.79 Å². The van der Waals surface area contributed by atoms with E-state index >= 15 is 0 Å². The normalized spacial score (nSPS) is 21.0. The average molecular weight is 277 g/mol. The number of H-pyrrole nitrogens is 1. The smallest absolute Gasteiger partial charge is 0.223 e. The van der Waals surface area contributed by atoms with Gasteiger partial charge in [0.2, 0.25) is 5.91 Å². The number of aromatic amines is 1. The lowest BCUT2D eigenvalue weighted by Gasteiger charge is -2.33. The van der Waals surface area contributed by atoms with Crippen molar-refractivity contribution >= 4 is 5.91 Å². The highest BCUT2D eigenvalue weighted by Gasteiger charge is 2.25. The van der Waals surface area contributed by atoms with E-state index in [-0.39, 0.29) is 5.92 Å². The Morgan fingerprint density at radius 3 is 2.85 bits per heavy atom. The summed E-state index contributed by atoms with van der Waals surface area (Å²) in [6.45, 7) is 10.3. The van der Waals surface area contributed by atoms with Gasteiger partial charge in [-0.25, -0.2) is 0 Å². The number of hydrogen-bond donors (Lipinski definition) is 1. The van der Waals surface area contributed by atoms with Crippen molar-refractivity contribution in [1.29, 1.82) is 0 Å².